The van der Waals surface area contributed by atoms with E-state index in [1.165, 1.54) is 0 Å². The first-order valence-corrected chi connectivity index (χ1v) is 3.31. The lowest BCUT2D eigenvalue weighted by atomic mass is 10.2. The van der Waals surface area contributed by atoms with E-state index in [0.29, 0.717) is 0 Å². The Morgan fingerprint density at radius 3 is 3.30 bits per heavy atom. The van der Waals surface area contributed by atoms with Gasteiger partial charge >= 0.3 is 0 Å². The fraction of sp³-hybridized carbons (Fsp3) is 0.500. The molecule has 0 unspecified atom stereocenters. The lowest BCUT2D eigenvalue weighted by molar-refractivity contribution is 0.475. The number of aromatic nitrogens is 1. The van der Waals surface area contributed by atoms with Crippen molar-refractivity contribution in [3.63, 3.8) is 0 Å². The number of nitrogens with one attached hydrogen (secondary N) is 1. The first-order chi connectivity index (χ1) is 4.86. The highest BCUT2D eigenvalue weighted by atomic mass is 16.4. The molecule has 0 saturated heterocycles. The Balaban J connectivity index is 2.41. The Hall–Kier alpha value is -1.03. The van der Waals surface area contributed by atoms with E-state index in [1.807, 2.05) is 0 Å². The molecule has 54 valence electrons. The smallest absolute Gasteiger partial charge is 0.292 e. The fourth-order valence-electron chi connectivity index (χ4n) is 1.15. The van der Waals surface area contributed by atoms with E-state index in [1.54, 1.807) is 0 Å². The van der Waals surface area contributed by atoms with Crippen LogP contribution in [-0.2, 0) is 13.0 Å². The summed E-state index contributed by atoms with van der Waals surface area (Å²) < 4.78 is 5.11. The van der Waals surface area contributed by atoms with Crippen LogP contribution in [0.4, 0.5) is 6.01 Å². The second kappa shape index (κ2) is 1.98. The molecular formula is C6H9N3O. The predicted molar refractivity (Wildman–Crippen MR) is 36.3 cm³/mol. The molecule has 4 heteroatoms. The van der Waals surface area contributed by atoms with Gasteiger partial charge in [-0.05, 0) is 0 Å². The van der Waals surface area contributed by atoms with E-state index in [9.17, 15) is 0 Å². The third-order valence-corrected chi connectivity index (χ3v) is 1.62. The molecule has 0 aliphatic carbocycles. The molecule has 0 fully saturated rings. The van der Waals surface area contributed by atoms with Crippen molar-refractivity contribution in [2.45, 2.75) is 13.0 Å². The van der Waals surface area contributed by atoms with Crippen molar-refractivity contribution < 1.29 is 4.42 Å². The molecule has 1 aliphatic heterocycles. The van der Waals surface area contributed by atoms with Gasteiger partial charge in [-0.1, -0.05) is 0 Å². The summed E-state index contributed by atoms with van der Waals surface area (Å²) in [6.45, 7) is 1.73. The van der Waals surface area contributed by atoms with Crippen LogP contribution in [0.25, 0.3) is 0 Å². The summed E-state index contributed by atoms with van der Waals surface area (Å²) in [6, 6.07) is 0.286. The average Bonchev–Trinajstić information content (AvgIpc) is 2.27. The van der Waals surface area contributed by atoms with Crippen LogP contribution in [0.15, 0.2) is 4.42 Å². The van der Waals surface area contributed by atoms with Crippen LogP contribution in [0, 0.1) is 0 Å². The van der Waals surface area contributed by atoms with Gasteiger partial charge in [-0.3, -0.25) is 0 Å². The molecule has 10 heavy (non-hydrogen) atoms. The van der Waals surface area contributed by atoms with Crippen molar-refractivity contribution in [3.05, 3.63) is 11.5 Å². The number of hydrogen-bond donors (Lipinski definition) is 2. The van der Waals surface area contributed by atoms with Crippen molar-refractivity contribution in [2.75, 3.05) is 12.3 Å². The van der Waals surface area contributed by atoms with Crippen LogP contribution >= 0.6 is 0 Å². The Bertz CT molecular complexity index is 220. The number of oxazole rings is 1. The number of fused-ring (bicyclic) bond motifs is 1. The molecule has 0 spiro atoms. The summed E-state index contributed by atoms with van der Waals surface area (Å²) in [6.07, 6.45) is 0.927. The summed E-state index contributed by atoms with van der Waals surface area (Å²) >= 11 is 0. The second-order valence-corrected chi connectivity index (χ2v) is 2.35. The number of nitrogen functional groups attached to an aromatic ring is 1. The molecule has 0 atom stereocenters. The molecular weight excluding hydrogens is 130 g/mol. The monoisotopic (exact) mass is 139 g/mol. The van der Waals surface area contributed by atoms with Gasteiger partial charge < -0.3 is 15.5 Å². The number of hydrogen-bond acceptors (Lipinski definition) is 4. The van der Waals surface area contributed by atoms with Crippen LogP contribution in [-0.4, -0.2) is 11.5 Å². The highest BCUT2D eigenvalue weighted by molar-refractivity contribution is 5.21. The van der Waals surface area contributed by atoms with E-state index in [2.05, 4.69) is 10.3 Å². The molecule has 4 nitrogen and oxygen atoms in total. The maximum atomic E-state index is 5.35. The zero-order valence-electron chi connectivity index (χ0n) is 5.55. The van der Waals surface area contributed by atoms with Crippen molar-refractivity contribution in [3.8, 4) is 0 Å². The Morgan fingerprint density at radius 1 is 1.60 bits per heavy atom. The predicted octanol–water partition coefficient (Wildman–Crippen LogP) is -0.0975. The van der Waals surface area contributed by atoms with Gasteiger partial charge in [0.2, 0.25) is 0 Å². The first kappa shape index (κ1) is 5.73. The van der Waals surface area contributed by atoms with Gasteiger partial charge in [-0.15, -0.1) is 0 Å². The van der Waals surface area contributed by atoms with Gasteiger partial charge in [0, 0.05) is 13.0 Å². The Morgan fingerprint density at radius 2 is 2.50 bits per heavy atom. The minimum Gasteiger partial charge on any atom is -0.427 e. The number of nitrogens with two attached hydrogens (primary N) is 1. The lowest BCUT2D eigenvalue weighted by Gasteiger charge is -2.07. The molecule has 0 amide bonds. The third-order valence-electron chi connectivity index (χ3n) is 1.62. The van der Waals surface area contributed by atoms with Crippen molar-refractivity contribution in [2.24, 2.45) is 0 Å². The van der Waals surface area contributed by atoms with Gasteiger partial charge in [-0.25, -0.2) is 0 Å². The summed E-state index contributed by atoms with van der Waals surface area (Å²) in [4.78, 5) is 4.02. The standard InChI is InChI=1S/C6H9N3O/c7-6-9-4-1-2-8-3-5(4)10-6/h8H,1-3H2,(H2,7,9). The number of anilines is 1. The molecule has 2 rings (SSSR count). The molecule has 0 saturated carbocycles. The summed E-state index contributed by atoms with van der Waals surface area (Å²) in [5.41, 5.74) is 6.36. The maximum Gasteiger partial charge on any atom is 0.292 e. The van der Waals surface area contributed by atoms with Crippen LogP contribution in [0.5, 0.6) is 0 Å². The van der Waals surface area contributed by atoms with E-state index >= 15 is 0 Å². The first-order valence-electron chi connectivity index (χ1n) is 3.31. The molecule has 0 radical (unpaired) electrons. The molecule has 0 bridgehead atoms. The fourth-order valence-corrected chi connectivity index (χ4v) is 1.15. The number of rotatable bonds is 0. The largest absolute Gasteiger partial charge is 0.427 e. The minimum atomic E-state index is 0.286. The Labute approximate surface area is 58.4 Å². The van der Waals surface area contributed by atoms with E-state index < -0.39 is 0 Å². The highest BCUT2D eigenvalue weighted by Crippen LogP contribution is 2.15. The molecule has 3 N–H and O–H groups in total. The van der Waals surface area contributed by atoms with Crippen molar-refractivity contribution in [1.82, 2.24) is 10.3 Å². The lowest BCUT2D eigenvalue weighted by Crippen LogP contribution is -2.22. The zero-order valence-corrected chi connectivity index (χ0v) is 5.55. The van der Waals surface area contributed by atoms with Gasteiger partial charge in [0.05, 0.1) is 12.2 Å². The van der Waals surface area contributed by atoms with Crippen LogP contribution in [0.2, 0.25) is 0 Å². The summed E-state index contributed by atoms with van der Waals surface area (Å²) in [7, 11) is 0. The quantitative estimate of drug-likeness (QED) is 0.527. The van der Waals surface area contributed by atoms with Gasteiger partial charge in [0.25, 0.3) is 6.01 Å². The van der Waals surface area contributed by atoms with Crippen molar-refractivity contribution in [1.29, 1.82) is 0 Å². The minimum absolute atomic E-state index is 0.286. The van der Waals surface area contributed by atoms with Gasteiger partial charge in [0.1, 0.15) is 5.76 Å². The van der Waals surface area contributed by atoms with Crippen LogP contribution < -0.4 is 11.1 Å². The second-order valence-electron chi connectivity index (χ2n) is 2.35. The average molecular weight is 139 g/mol. The SMILES string of the molecule is Nc1nc2c(o1)CNCC2. The molecule has 1 aliphatic rings. The Kier molecular flexibility index (Phi) is 1.14. The maximum absolute atomic E-state index is 5.35. The van der Waals surface area contributed by atoms with Crippen LogP contribution in [0.3, 0.4) is 0 Å². The normalized spacial score (nSPS) is 16.8. The highest BCUT2D eigenvalue weighted by Gasteiger charge is 2.14. The van der Waals surface area contributed by atoms with E-state index in [4.69, 9.17) is 10.2 Å². The van der Waals surface area contributed by atoms with Gasteiger partial charge in [-0.2, -0.15) is 4.98 Å². The van der Waals surface area contributed by atoms with Crippen LogP contribution in [0.1, 0.15) is 11.5 Å². The third kappa shape index (κ3) is 0.769. The molecule has 1 aromatic rings. The van der Waals surface area contributed by atoms with E-state index in [-0.39, 0.29) is 6.01 Å². The molecule has 2 heterocycles. The van der Waals surface area contributed by atoms with Gasteiger partial charge in [0.15, 0.2) is 0 Å². The summed E-state index contributed by atoms with van der Waals surface area (Å²) in [5, 5.41) is 3.16. The number of nitrogens with zero attached hydrogens (tertiary/aromatic N) is 1. The topological polar surface area (TPSA) is 64.1 Å². The van der Waals surface area contributed by atoms with Crippen molar-refractivity contribution >= 4 is 6.01 Å². The summed E-state index contributed by atoms with van der Waals surface area (Å²) in [5.74, 6) is 0.892. The van der Waals surface area contributed by atoms with E-state index in [0.717, 1.165) is 31.0 Å². The molecule has 1 aromatic heterocycles. The zero-order chi connectivity index (χ0) is 6.97. The molecule has 0 aromatic carbocycles.